The standard InChI is InChI=1S/C14H12N4O2/c1-20-12-5-3-2-4-11(12)16-14(19)13-9-8-15-7-6-10(9)17-18-13/h2-8H,1H3,(H,16,19)(H,17,18). The molecule has 0 atom stereocenters. The molecular formula is C14H12N4O2. The van der Waals surface area contributed by atoms with Gasteiger partial charge in [0.2, 0.25) is 0 Å². The maximum absolute atomic E-state index is 12.3. The Balaban J connectivity index is 1.93. The number of amides is 1. The average molecular weight is 268 g/mol. The Labute approximate surface area is 114 Å². The topological polar surface area (TPSA) is 79.9 Å². The summed E-state index contributed by atoms with van der Waals surface area (Å²) >= 11 is 0. The van der Waals surface area contributed by atoms with Crippen LogP contribution in [0.25, 0.3) is 10.9 Å². The number of aromatic amines is 1. The molecule has 0 aliphatic heterocycles. The molecule has 1 aromatic carbocycles. The molecule has 0 unspecified atom stereocenters. The summed E-state index contributed by atoms with van der Waals surface area (Å²) < 4.78 is 5.20. The number of hydrogen-bond acceptors (Lipinski definition) is 4. The summed E-state index contributed by atoms with van der Waals surface area (Å²) in [5, 5.41) is 10.3. The maximum atomic E-state index is 12.3. The molecule has 1 amide bonds. The van der Waals surface area contributed by atoms with Gasteiger partial charge in [-0.3, -0.25) is 14.9 Å². The molecule has 3 rings (SSSR count). The molecule has 0 saturated carbocycles. The molecule has 6 nitrogen and oxygen atoms in total. The van der Waals surface area contributed by atoms with Crippen molar-refractivity contribution >= 4 is 22.5 Å². The van der Waals surface area contributed by atoms with Crippen molar-refractivity contribution in [1.29, 1.82) is 0 Å². The van der Waals surface area contributed by atoms with Crippen molar-refractivity contribution in [3.05, 3.63) is 48.4 Å². The molecule has 100 valence electrons. The summed E-state index contributed by atoms with van der Waals surface area (Å²) in [7, 11) is 1.55. The molecule has 20 heavy (non-hydrogen) atoms. The first-order chi connectivity index (χ1) is 9.79. The Bertz CT molecular complexity index is 766. The van der Waals surface area contributed by atoms with Crippen LogP contribution in [0.5, 0.6) is 5.75 Å². The van der Waals surface area contributed by atoms with Crippen LogP contribution >= 0.6 is 0 Å². The van der Waals surface area contributed by atoms with E-state index in [1.807, 2.05) is 12.1 Å². The number of nitrogens with zero attached hydrogens (tertiary/aromatic N) is 2. The molecule has 0 aliphatic rings. The maximum Gasteiger partial charge on any atom is 0.276 e. The minimum Gasteiger partial charge on any atom is -0.495 e. The number of methoxy groups -OCH3 is 1. The van der Waals surface area contributed by atoms with Gasteiger partial charge in [0.1, 0.15) is 5.75 Å². The highest BCUT2D eigenvalue weighted by molar-refractivity contribution is 6.11. The largest absolute Gasteiger partial charge is 0.495 e. The third-order valence-corrected chi connectivity index (χ3v) is 2.93. The Morgan fingerprint density at radius 1 is 1.30 bits per heavy atom. The first-order valence-electron chi connectivity index (χ1n) is 6.02. The highest BCUT2D eigenvalue weighted by Gasteiger charge is 2.15. The molecule has 0 radical (unpaired) electrons. The number of anilines is 1. The van der Waals surface area contributed by atoms with Crippen LogP contribution in [0.2, 0.25) is 0 Å². The van der Waals surface area contributed by atoms with Crippen molar-refractivity contribution in [1.82, 2.24) is 15.2 Å². The third kappa shape index (κ3) is 2.07. The van der Waals surface area contributed by atoms with Crippen LogP contribution < -0.4 is 10.1 Å². The monoisotopic (exact) mass is 268 g/mol. The molecule has 6 heteroatoms. The number of carbonyl (C=O) groups is 1. The summed E-state index contributed by atoms with van der Waals surface area (Å²) in [5.41, 5.74) is 1.67. The first kappa shape index (κ1) is 12.2. The average Bonchev–Trinajstić information content (AvgIpc) is 2.92. The predicted molar refractivity (Wildman–Crippen MR) is 74.8 cm³/mol. The molecule has 0 spiro atoms. The molecule has 2 aromatic heterocycles. The van der Waals surface area contributed by atoms with Gasteiger partial charge in [-0.15, -0.1) is 0 Å². The Morgan fingerprint density at radius 3 is 3.00 bits per heavy atom. The summed E-state index contributed by atoms with van der Waals surface area (Å²) in [6.45, 7) is 0. The van der Waals surface area contributed by atoms with Crippen molar-refractivity contribution in [2.24, 2.45) is 0 Å². The normalized spacial score (nSPS) is 10.4. The number of hydrogen-bond donors (Lipinski definition) is 2. The van der Waals surface area contributed by atoms with E-state index in [1.165, 1.54) is 0 Å². The second-order valence-electron chi connectivity index (χ2n) is 4.15. The number of para-hydroxylation sites is 2. The van der Waals surface area contributed by atoms with Gasteiger partial charge in [-0.05, 0) is 18.2 Å². The molecule has 0 fully saturated rings. The van der Waals surface area contributed by atoms with Gasteiger partial charge in [-0.2, -0.15) is 5.10 Å². The zero-order valence-electron chi connectivity index (χ0n) is 10.8. The van der Waals surface area contributed by atoms with Crippen molar-refractivity contribution in [2.75, 3.05) is 12.4 Å². The van der Waals surface area contributed by atoms with Gasteiger partial charge >= 0.3 is 0 Å². The summed E-state index contributed by atoms with van der Waals surface area (Å²) in [6.07, 6.45) is 3.25. The van der Waals surface area contributed by atoms with Crippen molar-refractivity contribution in [3.63, 3.8) is 0 Å². The number of benzene rings is 1. The lowest BCUT2D eigenvalue weighted by atomic mass is 10.2. The van der Waals surface area contributed by atoms with Gasteiger partial charge in [0.15, 0.2) is 5.69 Å². The van der Waals surface area contributed by atoms with Gasteiger partial charge in [0.05, 0.1) is 23.7 Å². The summed E-state index contributed by atoms with van der Waals surface area (Å²) in [4.78, 5) is 16.3. The number of nitrogens with one attached hydrogen (secondary N) is 2. The minimum atomic E-state index is -0.311. The molecule has 0 bridgehead atoms. The molecule has 2 heterocycles. The molecule has 2 N–H and O–H groups in total. The Morgan fingerprint density at radius 2 is 2.15 bits per heavy atom. The van der Waals surface area contributed by atoms with Crippen LogP contribution in [0.4, 0.5) is 5.69 Å². The van der Waals surface area contributed by atoms with E-state index >= 15 is 0 Å². The number of H-pyrrole nitrogens is 1. The van der Waals surface area contributed by atoms with Crippen LogP contribution in [0.1, 0.15) is 10.5 Å². The predicted octanol–water partition coefficient (Wildman–Crippen LogP) is 2.22. The van der Waals surface area contributed by atoms with Gasteiger partial charge in [0.25, 0.3) is 5.91 Å². The van der Waals surface area contributed by atoms with Crippen LogP contribution in [0.15, 0.2) is 42.7 Å². The fraction of sp³-hybridized carbons (Fsp3) is 0.0714. The fourth-order valence-electron chi connectivity index (χ4n) is 1.96. The molecule has 0 saturated heterocycles. The second-order valence-corrected chi connectivity index (χ2v) is 4.15. The first-order valence-corrected chi connectivity index (χ1v) is 6.02. The third-order valence-electron chi connectivity index (χ3n) is 2.93. The number of carbonyl (C=O) groups excluding carboxylic acids is 1. The van der Waals surface area contributed by atoms with Crippen molar-refractivity contribution in [2.45, 2.75) is 0 Å². The van der Waals surface area contributed by atoms with Crippen LogP contribution in [-0.2, 0) is 0 Å². The quantitative estimate of drug-likeness (QED) is 0.763. The number of ether oxygens (including phenoxy) is 1. The van der Waals surface area contributed by atoms with E-state index in [1.54, 1.807) is 37.7 Å². The smallest absolute Gasteiger partial charge is 0.276 e. The summed E-state index contributed by atoms with van der Waals surface area (Å²) in [6, 6.07) is 8.97. The Kier molecular flexibility index (Phi) is 3.04. The van der Waals surface area contributed by atoms with Gasteiger partial charge in [-0.25, -0.2) is 0 Å². The van der Waals surface area contributed by atoms with E-state index < -0.39 is 0 Å². The molecular weight excluding hydrogens is 256 g/mol. The van der Waals surface area contributed by atoms with Crippen LogP contribution in [-0.4, -0.2) is 28.2 Å². The van der Waals surface area contributed by atoms with E-state index in [0.717, 1.165) is 5.52 Å². The van der Waals surface area contributed by atoms with E-state index in [2.05, 4.69) is 20.5 Å². The zero-order valence-corrected chi connectivity index (χ0v) is 10.8. The van der Waals surface area contributed by atoms with Gasteiger partial charge in [-0.1, -0.05) is 12.1 Å². The van der Waals surface area contributed by atoms with Gasteiger partial charge in [0, 0.05) is 12.4 Å². The minimum absolute atomic E-state index is 0.305. The van der Waals surface area contributed by atoms with Crippen LogP contribution in [0.3, 0.4) is 0 Å². The molecule has 0 aliphatic carbocycles. The highest BCUT2D eigenvalue weighted by atomic mass is 16.5. The Hall–Kier alpha value is -2.89. The lowest BCUT2D eigenvalue weighted by Gasteiger charge is -2.08. The fourth-order valence-corrected chi connectivity index (χ4v) is 1.96. The number of pyridine rings is 1. The highest BCUT2D eigenvalue weighted by Crippen LogP contribution is 2.24. The molecule has 3 aromatic rings. The number of rotatable bonds is 3. The van der Waals surface area contributed by atoms with Crippen molar-refractivity contribution in [3.8, 4) is 5.75 Å². The van der Waals surface area contributed by atoms with Gasteiger partial charge < -0.3 is 10.1 Å². The second kappa shape index (κ2) is 5.00. The van der Waals surface area contributed by atoms with E-state index in [9.17, 15) is 4.79 Å². The van der Waals surface area contributed by atoms with E-state index in [0.29, 0.717) is 22.5 Å². The lowest BCUT2D eigenvalue weighted by molar-refractivity contribution is 0.102. The van der Waals surface area contributed by atoms with E-state index in [4.69, 9.17) is 4.74 Å². The summed E-state index contributed by atoms with van der Waals surface area (Å²) in [5.74, 6) is 0.285. The van der Waals surface area contributed by atoms with Crippen LogP contribution in [0, 0.1) is 0 Å². The SMILES string of the molecule is COc1ccccc1NC(=O)c1n[nH]c2ccncc12. The zero-order chi connectivity index (χ0) is 13.9. The number of fused-ring (bicyclic) bond motifs is 1. The van der Waals surface area contributed by atoms with E-state index in [-0.39, 0.29) is 5.91 Å². The lowest BCUT2D eigenvalue weighted by Crippen LogP contribution is -2.13. The van der Waals surface area contributed by atoms with Crippen molar-refractivity contribution < 1.29 is 9.53 Å². The number of aromatic nitrogens is 3.